The molecule has 0 aliphatic heterocycles. The van der Waals surface area contributed by atoms with Crippen molar-refractivity contribution in [3.05, 3.63) is 64.7 Å². The van der Waals surface area contributed by atoms with E-state index in [0.717, 1.165) is 0 Å². The molecule has 0 radical (unpaired) electrons. The zero-order valence-electron chi connectivity index (χ0n) is 15.6. The molecule has 178 valence electrons. The lowest BCUT2D eigenvalue weighted by Gasteiger charge is -2.14. The van der Waals surface area contributed by atoms with Crippen molar-refractivity contribution in [1.29, 1.82) is 5.26 Å². The summed E-state index contributed by atoms with van der Waals surface area (Å²) in [4.78, 5) is -1.83. The molecule has 0 aromatic heterocycles. The number of halogens is 9. The van der Waals surface area contributed by atoms with E-state index in [1.54, 1.807) is 0 Å². The molecule has 0 amide bonds. The van der Waals surface area contributed by atoms with Crippen LogP contribution in [0.15, 0.2) is 58.5 Å². The van der Waals surface area contributed by atoms with Gasteiger partial charge in [-0.2, -0.15) is 31.6 Å². The summed E-state index contributed by atoms with van der Waals surface area (Å²) in [5.74, 6) is -0.772. The highest BCUT2D eigenvalue weighted by atomic mass is 32.2. The van der Waals surface area contributed by atoms with E-state index in [4.69, 9.17) is 5.26 Å². The van der Waals surface area contributed by atoms with Gasteiger partial charge in [-0.25, -0.2) is 8.42 Å². The second-order valence-corrected chi connectivity index (χ2v) is 8.00. The summed E-state index contributed by atoms with van der Waals surface area (Å²) in [5, 5.41) is 11.0. The van der Waals surface area contributed by atoms with Crippen LogP contribution >= 0.6 is 0 Å². The summed E-state index contributed by atoms with van der Waals surface area (Å²) < 4.78 is 143. The van der Waals surface area contributed by atoms with Gasteiger partial charge in [0.25, 0.3) is 0 Å². The summed E-state index contributed by atoms with van der Waals surface area (Å²) in [6.07, 6.45) is -15.0. The molecule has 0 saturated heterocycles. The average molecular weight is 504 g/mol. The molecule has 0 spiro atoms. The number of rotatable bonds is 5. The Morgan fingerprint density at radius 2 is 1.36 bits per heavy atom. The van der Waals surface area contributed by atoms with Crippen LogP contribution in [0.25, 0.3) is 0 Å². The second-order valence-electron chi connectivity index (χ2n) is 6.08. The summed E-state index contributed by atoms with van der Waals surface area (Å²) >= 11 is 0. The second kappa shape index (κ2) is 8.85. The molecule has 0 bridgehead atoms. The highest BCUT2D eigenvalue weighted by molar-refractivity contribution is 7.95. The SMILES string of the molecule is N#C/C(=C\Nc1cc(C(F)(F)F)cc(C(F)(F)F)c1)S(=O)(=O)c1ccc(OC(F)(F)F)cc1. The highest BCUT2D eigenvalue weighted by Crippen LogP contribution is 2.37. The van der Waals surface area contributed by atoms with Crippen LogP contribution in [0.4, 0.5) is 45.2 Å². The van der Waals surface area contributed by atoms with Gasteiger partial charge in [-0.05, 0) is 42.5 Å². The van der Waals surface area contributed by atoms with Gasteiger partial charge in [-0.1, -0.05) is 0 Å². The lowest BCUT2D eigenvalue weighted by atomic mass is 10.1. The Balaban J connectivity index is 2.41. The number of nitrogens with zero attached hydrogens (tertiary/aromatic N) is 1. The summed E-state index contributed by atoms with van der Waals surface area (Å²) in [7, 11) is -4.70. The molecule has 0 heterocycles. The van der Waals surface area contributed by atoms with E-state index in [9.17, 15) is 47.9 Å². The standard InChI is InChI=1S/C18H9F9N2O3S/c19-16(20,21)10-5-11(17(22,23)24)7-12(6-10)29-9-15(8-28)33(30,31)14-3-1-13(2-4-14)32-18(25,26)27/h1-7,9,29H/b15-9+. The third-order valence-electron chi connectivity index (χ3n) is 3.72. The van der Waals surface area contributed by atoms with Crippen molar-refractivity contribution in [3.63, 3.8) is 0 Å². The molecule has 0 atom stereocenters. The molecule has 33 heavy (non-hydrogen) atoms. The van der Waals surface area contributed by atoms with E-state index in [0.29, 0.717) is 30.5 Å². The molecule has 0 aliphatic carbocycles. The first-order chi connectivity index (χ1) is 14.9. The fraction of sp³-hybridized carbons (Fsp3) is 0.167. The van der Waals surface area contributed by atoms with Crippen LogP contribution in [-0.2, 0) is 22.2 Å². The van der Waals surface area contributed by atoms with E-state index < -0.39 is 60.9 Å². The monoisotopic (exact) mass is 504 g/mol. The molecule has 15 heteroatoms. The maximum atomic E-state index is 12.9. The Morgan fingerprint density at radius 1 is 0.879 bits per heavy atom. The summed E-state index contributed by atoms with van der Waals surface area (Å²) in [6, 6.07) is 4.16. The minimum Gasteiger partial charge on any atom is -0.406 e. The number of benzene rings is 2. The van der Waals surface area contributed by atoms with Crippen molar-refractivity contribution in [2.75, 3.05) is 5.32 Å². The van der Waals surface area contributed by atoms with Crippen LogP contribution in [0.5, 0.6) is 5.75 Å². The molecule has 0 saturated carbocycles. The van der Waals surface area contributed by atoms with Crippen molar-refractivity contribution < 1.29 is 52.7 Å². The number of alkyl halides is 9. The van der Waals surface area contributed by atoms with Gasteiger partial charge in [-0.15, -0.1) is 13.2 Å². The van der Waals surface area contributed by atoms with Crippen molar-refractivity contribution in [2.24, 2.45) is 0 Å². The number of nitrogens with one attached hydrogen (secondary N) is 1. The average Bonchev–Trinajstić information content (AvgIpc) is 2.66. The molecule has 2 aromatic rings. The van der Waals surface area contributed by atoms with Crippen molar-refractivity contribution >= 4 is 15.5 Å². The van der Waals surface area contributed by atoms with Crippen LogP contribution in [0, 0.1) is 11.3 Å². The van der Waals surface area contributed by atoms with E-state index in [1.165, 1.54) is 6.07 Å². The quantitative estimate of drug-likeness (QED) is 0.407. The maximum Gasteiger partial charge on any atom is 0.573 e. The molecule has 5 nitrogen and oxygen atoms in total. The molecule has 0 fully saturated rings. The van der Waals surface area contributed by atoms with Gasteiger partial charge < -0.3 is 10.1 Å². The Hall–Kier alpha value is -3.41. The van der Waals surface area contributed by atoms with Gasteiger partial charge >= 0.3 is 18.7 Å². The Labute approximate surface area is 179 Å². The van der Waals surface area contributed by atoms with Crippen LogP contribution < -0.4 is 10.1 Å². The van der Waals surface area contributed by atoms with E-state index in [1.807, 2.05) is 5.32 Å². The topological polar surface area (TPSA) is 79.2 Å². The van der Waals surface area contributed by atoms with Gasteiger partial charge in [0.05, 0.1) is 16.0 Å². The van der Waals surface area contributed by atoms with Gasteiger partial charge in [-0.3, -0.25) is 0 Å². The zero-order valence-corrected chi connectivity index (χ0v) is 16.4. The normalized spacial score (nSPS) is 13.4. The predicted octanol–water partition coefficient (Wildman–Crippen LogP) is 5.87. The molecule has 2 aromatic carbocycles. The largest absolute Gasteiger partial charge is 0.573 e. The number of nitriles is 1. The number of allylic oxidation sites excluding steroid dienone is 1. The van der Waals surface area contributed by atoms with Gasteiger partial charge in [0.2, 0.25) is 9.84 Å². The lowest BCUT2D eigenvalue weighted by Crippen LogP contribution is -2.17. The van der Waals surface area contributed by atoms with Gasteiger partial charge in [0.15, 0.2) is 4.91 Å². The fourth-order valence-corrected chi connectivity index (χ4v) is 3.39. The van der Waals surface area contributed by atoms with E-state index >= 15 is 0 Å². The van der Waals surface area contributed by atoms with Crippen molar-refractivity contribution in [1.82, 2.24) is 0 Å². The first-order valence-corrected chi connectivity index (χ1v) is 9.69. The van der Waals surface area contributed by atoms with E-state index in [2.05, 4.69) is 4.74 Å². The van der Waals surface area contributed by atoms with Crippen molar-refractivity contribution in [2.45, 2.75) is 23.6 Å². The third kappa shape index (κ3) is 6.78. The van der Waals surface area contributed by atoms with Crippen molar-refractivity contribution in [3.8, 4) is 11.8 Å². The lowest BCUT2D eigenvalue weighted by molar-refractivity contribution is -0.274. The number of anilines is 1. The Kier molecular flexibility index (Phi) is 6.93. The Bertz CT molecular complexity index is 1160. The zero-order chi connectivity index (χ0) is 25.2. The summed E-state index contributed by atoms with van der Waals surface area (Å²) in [5.41, 5.74) is -4.20. The molecule has 0 unspecified atom stereocenters. The fourth-order valence-electron chi connectivity index (χ4n) is 2.30. The third-order valence-corrected chi connectivity index (χ3v) is 5.41. The predicted molar refractivity (Wildman–Crippen MR) is 94.1 cm³/mol. The molecular weight excluding hydrogens is 495 g/mol. The smallest absolute Gasteiger partial charge is 0.406 e. The number of hydrogen-bond donors (Lipinski definition) is 1. The number of sulfone groups is 1. The van der Waals surface area contributed by atoms with Crippen LogP contribution in [0.1, 0.15) is 11.1 Å². The molecule has 0 aliphatic rings. The molecular formula is C18H9F9N2O3S. The minimum absolute atomic E-state index is 0.151. The Morgan fingerprint density at radius 3 is 1.76 bits per heavy atom. The highest BCUT2D eigenvalue weighted by Gasteiger charge is 2.37. The van der Waals surface area contributed by atoms with Gasteiger partial charge in [0, 0.05) is 11.9 Å². The summed E-state index contributed by atoms with van der Waals surface area (Å²) in [6.45, 7) is 0. The number of hydrogen-bond acceptors (Lipinski definition) is 5. The first kappa shape index (κ1) is 25.8. The van der Waals surface area contributed by atoms with Gasteiger partial charge in [0.1, 0.15) is 11.8 Å². The minimum atomic E-state index is -5.16. The first-order valence-electron chi connectivity index (χ1n) is 8.21. The van der Waals surface area contributed by atoms with Crippen LogP contribution in [0.3, 0.4) is 0 Å². The molecule has 1 N–H and O–H groups in total. The van der Waals surface area contributed by atoms with Crippen LogP contribution in [-0.4, -0.2) is 14.8 Å². The van der Waals surface area contributed by atoms with Crippen LogP contribution in [0.2, 0.25) is 0 Å². The maximum absolute atomic E-state index is 12.9. The molecule has 2 rings (SSSR count). The number of ether oxygens (including phenoxy) is 1. The van der Waals surface area contributed by atoms with E-state index in [-0.39, 0.29) is 18.2 Å².